The van der Waals surface area contributed by atoms with Gasteiger partial charge < -0.3 is 9.15 Å². The Morgan fingerprint density at radius 2 is 1.93 bits per heavy atom. The summed E-state index contributed by atoms with van der Waals surface area (Å²) in [6.45, 7) is 0. The van der Waals surface area contributed by atoms with Crippen LogP contribution in [0.1, 0.15) is 5.56 Å². The fourth-order valence-corrected chi connectivity index (χ4v) is 3.32. The first kappa shape index (κ1) is 17.3. The highest BCUT2D eigenvalue weighted by molar-refractivity contribution is 7.22. The van der Waals surface area contributed by atoms with Gasteiger partial charge in [-0.3, -0.25) is 5.32 Å². The van der Waals surface area contributed by atoms with Gasteiger partial charge in [0, 0.05) is 5.56 Å². The number of methoxy groups -OCH3 is 1. The number of ether oxygens (including phenoxy) is 1. The molecular weight excluding hydrogens is 381 g/mol. The molecule has 4 rings (SSSR count). The van der Waals surface area contributed by atoms with Gasteiger partial charge in [0.25, 0.3) is 0 Å². The van der Waals surface area contributed by atoms with Gasteiger partial charge in [-0.25, -0.2) is 4.98 Å². The molecule has 138 valence electrons. The fraction of sp³-hybridized carbons (Fsp3) is 0.118. The number of para-hydroxylation sites is 1. The molecule has 0 saturated carbocycles. The van der Waals surface area contributed by atoms with Gasteiger partial charge in [0.15, 0.2) is 5.13 Å². The number of hydrogen-bond acceptors (Lipinski definition) is 7. The predicted molar refractivity (Wildman–Crippen MR) is 94.2 cm³/mol. The van der Waals surface area contributed by atoms with Crippen LogP contribution in [0, 0.1) is 0 Å². The molecule has 0 spiro atoms. The van der Waals surface area contributed by atoms with Gasteiger partial charge in [0.05, 0.1) is 17.4 Å². The van der Waals surface area contributed by atoms with E-state index >= 15 is 0 Å². The molecule has 0 saturated heterocycles. The van der Waals surface area contributed by atoms with Crippen LogP contribution in [-0.4, -0.2) is 22.3 Å². The van der Waals surface area contributed by atoms with Crippen molar-refractivity contribution in [1.29, 1.82) is 0 Å². The van der Waals surface area contributed by atoms with E-state index in [1.807, 2.05) is 12.1 Å². The van der Waals surface area contributed by atoms with Gasteiger partial charge in [-0.1, -0.05) is 28.6 Å². The molecule has 0 unspecified atom stereocenters. The van der Waals surface area contributed by atoms with E-state index in [1.165, 1.54) is 23.5 Å². The molecule has 27 heavy (non-hydrogen) atoms. The van der Waals surface area contributed by atoms with Crippen LogP contribution < -0.4 is 10.1 Å². The number of thiazole rings is 1. The van der Waals surface area contributed by atoms with Crippen molar-refractivity contribution in [3.63, 3.8) is 0 Å². The third-order valence-electron chi connectivity index (χ3n) is 3.68. The van der Waals surface area contributed by atoms with E-state index in [9.17, 15) is 13.2 Å². The number of aromatic nitrogens is 3. The number of rotatable bonds is 4. The van der Waals surface area contributed by atoms with Crippen LogP contribution in [0.15, 0.2) is 46.9 Å². The van der Waals surface area contributed by atoms with E-state index in [-0.39, 0.29) is 17.5 Å². The minimum atomic E-state index is -4.45. The molecule has 0 bridgehead atoms. The number of alkyl halides is 3. The first-order valence-electron chi connectivity index (χ1n) is 7.66. The van der Waals surface area contributed by atoms with Gasteiger partial charge in [-0.05, 0) is 30.3 Å². The van der Waals surface area contributed by atoms with Gasteiger partial charge in [-0.2, -0.15) is 13.2 Å². The zero-order valence-corrected chi connectivity index (χ0v) is 14.6. The molecular formula is C17H11F3N4O2S. The van der Waals surface area contributed by atoms with Crippen molar-refractivity contribution in [1.82, 2.24) is 15.2 Å². The standard InChI is InChI=1S/C17H11F3N4O2S/c1-25-11-6-3-7-12-13(11)21-16(27-12)22-15-24-23-14(26-15)9-4-2-5-10(8-9)17(18,19)20/h2-8H,1H3,(H,21,22,24). The Hall–Kier alpha value is -3.14. The predicted octanol–water partition coefficient (Wildman–Crippen LogP) is 5.12. The number of nitrogens with zero attached hydrogens (tertiary/aromatic N) is 3. The maximum Gasteiger partial charge on any atom is 0.416 e. The van der Waals surface area contributed by atoms with Crippen molar-refractivity contribution in [2.45, 2.75) is 6.18 Å². The Labute approximate surface area is 154 Å². The van der Waals surface area contributed by atoms with Crippen LogP contribution >= 0.6 is 11.3 Å². The lowest BCUT2D eigenvalue weighted by Crippen LogP contribution is -2.04. The van der Waals surface area contributed by atoms with Crippen molar-refractivity contribution < 1.29 is 22.3 Å². The Morgan fingerprint density at radius 1 is 1.11 bits per heavy atom. The molecule has 6 nitrogen and oxygen atoms in total. The lowest BCUT2D eigenvalue weighted by Gasteiger charge is -2.06. The van der Waals surface area contributed by atoms with E-state index in [1.54, 1.807) is 13.2 Å². The monoisotopic (exact) mass is 392 g/mol. The number of hydrogen-bond donors (Lipinski definition) is 1. The van der Waals surface area contributed by atoms with Crippen LogP contribution in [0.3, 0.4) is 0 Å². The second-order valence-corrected chi connectivity index (χ2v) is 6.47. The second-order valence-electron chi connectivity index (χ2n) is 5.44. The third kappa shape index (κ3) is 3.43. The lowest BCUT2D eigenvalue weighted by atomic mass is 10.1. The Bertz CT molecular complexity index is 1110. The molecule has 0 amide bonds. The molecule has 0 aliphatic heterocycles. The van der Waals surface area contributed by atoms with E-state index in [0.717, 1.165) is 16.8 Å². The summed E-state index contributed by atoms with van der Waals surface area (Å²) in [4.78, 5) is 4.41. The average molecular weight is 392 g/mol. The van der Waals surface area contributed by atoms with Crippen LogP contribution in [-0.2, 0) is 6.18 Å². The van der Waals surface area contributed by atoms with Crippen LogP contribution in [0.2, 0.25) is 0 Å². The summed E-state index contributed by atoms with van der Waals surface area (Å²) in [6.07, 6.45) is -4.45. The molecule has 2 heterocycles. The number of benzene rings is 2. The summed E-state index contributed by atoms with van der Waals surface area (Å²) >= 11 is 1.35. The molecule has 0 fully saturated rings. The highest BCUT2D eigenvalue weighted by atomic mass is 32.1. The lowest BCUT2D eigenvalue weighted by molar-refractivity contribution is -0.137. The molecule has 0 aliphatic rings. The number of halogens is 3. The van der Waals surface area contributed by atoms with Crippen molar-refractivity contribution >= 4 is 32.7 Å². The van der Waals surface area contributed by atoms with E-state index in [0.29, 0.717) is 16.4 Å². The van der Waals surface area contributed by atoms with Crippen molar-refractivity contribution in [3.8, 4) is 17.2 Å². The Morgan fingerprint density at radius 3 is 2.70 bits per heavy atom. The molecule has 2 aromatic carbocycles. The number of anilines is 2. The average Bonchev–Trinajstić information content (AvgIpc) is 3.27. The zero-order valence-electron chi connectivity index (χ0n) is 13.7. The summed E-state index contributed by atoms with van der Waals surface area (Å²) in [7, 11) is 1.56. The molecule has 0 atom stereocenters. The molecule has 10 heteroatoms. The Kier molecular flexibility index (Phi) is 4.19. The van der Waals surface area contributed by atoms with Gasteiger partial charge in [0.1, 0.15) is 11.3 Å². The summed E-state index contributed by atoms with van der Waals surface area (Å²) in [5, 5.41) is 11.0. The Balaban J connectivity index is 1.60. The molecule has 1 N–H and O–H groups in total. The van der Waals surface area contributed by atoms with Gasteiger partial charge >= 0.3 is 12.2 Å². The SMILES string of the molecule is COc1cccc2sc(Nc3nnc(-c4cccc(C(F)(F)F)c4)o3)nc12. The first-order chi connectivity index (χ1) is 12.9. The van der Waals surface area contributed by atoms with Crippen molar-refractivity contribution in [2.24, 2.45) is 0 Å². The van der Waals surface area contributed by atoms with Gasteiger partial charge in [-0.15, -0.1) is 5.10 Å². The van der Waals surface area contributed by atoms with E-state index in [2.05, 4.69) is 20.5 Å². The van der Waals surface area contributed by atoms with Gasteiger partial charge in [0.2, 0.25) is 5.89 Å². The van der Waals surface area contributed by atoms with Crippen LogP contribution in [0.5, 0.6) is 5.75 Å². The second kappa shape index (κ2) is 6.54. The number of nitrogens with one attached hydrogen (secondary N) is 1. The summed E-state index contributed by atoms with van der Waals surface area (Å²) in [5.41, 5.74) is 0.0763. The molecule has 0 radical (unpaired) electrons. The molecule has 0 aliphatic carbocycles. The van der Waals surface area contributed by atoms with E-state index < -0.39 is 11.7 Å². The van der Waals surface area contributed by atoms with E-state index in [4.69, 9.17) is 9.15 Å². The van der Waals surface area contributed by atoms with Crippen LogP contribution in [0.4, 0.5) is 24.3 Å². The maximum atomic E-state index is 12.8. The highest BCUT2D eigenvalue weighted by Crippen LogP contribution is 2.34. The fourth-order valence-electron chi connectivity index (χ4n) is 2.45. The smallest absolute Gasteiger partial charge is 0.416 e. The zero-order chi connectivity index (χ0) is 19.0. The number of fused-ring (bicyclic) bond motifs is 1. The highest BCUT2D eigenvalue weighted by Gasteiger charge is 2.30. The first-order valence-corrected chi connectivity index (χ1v) is 8.47. The third-order valence-corrected chi connectivity index (χ3v) is 4.61. The molecule has 4 aromatic rings. The normalized spacial score (nSPS) is 11.7. The molecule has 2 aromatic heterocycles. The minimum absolute atomic E-state index is 0.0257. The van der Waals surface area contributed by atoms with Crippen molar-refractivity contribution in [3.05, 3.63) is 48.0 Å². The summed E-state index contributed by atoms with van der Waals surface area (Å²) < 4.78 is 50.1. The largest absolute Gasteiger partial charge is 0.494 e. The minimum Gasteiger partial charge on any atom is -0.494 e. The summed E-state index contributed by atoms with van der Waals surface area (Å²) in [5.74, 6) is 0.606. The van der Waals surface area contributed by atoms with Crippen LogP contribution in [0.25, 0.3) is 21.7 Å². The summed E-state index contributed by atoms with van der Waals surface area (Å²) in [6, 6.07) is 10.3. The maximum absolute atomic E-state index is 12.8. The topological polar surface area (TPSA) is 73.1 Å². The quantitative estimate of drug-likeness (QED) is 0.520. The van der Waals surface area contributed by atoms with Crippen molar-refractivity contribution in [2.75, 3.05) is 12.4 Å².